The minimum Gasteiger partial charge on any atom is -0.476 e. The Morgan fingerprint density at radius 2 is 2.15 bits per heavy atom. The molecule has 3 N–H and O–H groups in total. The van der Waals surface area contributed by atoms with Gasteiger partial charge in [-0.3, -0.25) is 9.69 Å². The number of anilines is 1. The molecule has 0 radical (unpaired) electrons. The van der Waals surface area contributed by atoms with E-state index in [2.05, 4.69) is 10.2 Å². The van der Waals surface area contributed by atoms with Crippen LogP contribution in [0.4, 0.5) is 5.82 Å². The predicted molar refractivity (Wildman–Crippen MR) is 67.4 cm³/mol. The maximum Gasteiger partial charge on any atom is 0.356 e. The number of aromatic nitrogens is 2. The van der Waals surface area contributed by atoms with Crippen molar-refractivity contribution in [3.8, 4) is 0 Å². The summed E-state index contributed by atoms with van der Waals surface area (Å²) in [5.74, 6) is -2.01. The molecule has 0 aliphatic carbocycles. The fourth-order valence-corrected chi connectivity index (χ4v) is 2.91. The summed E-state index contributed by atoms with van der Waals surface area (Å²) < 4.78 is 22.0. The van der Waals surface area contributed by atoms with Crippen LogP contribution in [0.2, 0.25) is 0 Å². The van der Waals surface area contributed by atoms with Crippen molar-refractivity contribution in [1.29, 1.82) is 0 Å². The minimum absolute atomic E-state index is 0.0544. The van der Waals surface area contributed by atoms with Crippen molar-refractivity contribution in [2.75, 3.05) is 17.2 Å². The van der Waals surface area contributed by atoms with Crippen LogP contribution in [0.15, 0.2) is 12.1 Å². The topological polar surface area (TPSA) is 144 Å². The van der Waals surface area contributed by atoms with Crippen molar-refractivity contribution in [2.24, 2.45) is 11.1 Å². The van der Waals surface area contributed by atoms with Crippen LogP contribution in [0.5, 0.6) is 0 Å². The number of rotatable bonds is 4. The molecule has 1 atom stereocenters. The van der Waals surface area contributed by atoms with Crippen molar-refractivity contribution in [2.45, 2.75) is 6.42 Å². The lowest BCUT2D eigenvalue weighted by atomic mass is 10.1. The van der Waals surface area contributed by atoms with Gasteiger partial charge in [0.05, 0.1) is 5.75 Å². The summed E-state index contributed by atoms with van der Waals surface area (Å²) >= 11 is 0. The van der Waals surface area contributed by atoms with Crippen LogP contribution in [0.3, 0.4) is 0 Å². The lowest BCUT2D eigenvalue weighted by Crippen LogP contribution is -2.28. The van der Waals surface area contributed by atoms with Gasteiger partial charge in [0.1, 0.15) is 0 Å². The Morgan fingerprint density at radius 1 is 1.45 bits per heavy atom. The quantitative estimate of drug-likeness (QED) is 0.711. The highest BCUT2D eigenvalue weighted by Crippen LogP contribution is 2.23. The third-order valence-corrected chi connectivity index (χ3v) is 3.76. The summed E-state index contributed by atoms with van der Waals surface area (Å²) in [4.78, 5) is 23.7. The van der Waals surface area contributed by atoms with Crippen LogP contribution in [0.25, 0.3) is 0 Å². The largest absolute Gasteiger partial charge is 0.476 e. The van der Waals surface area contributed by atoms with Crippen molar-refractivity contribution >= 4 is 27.7 Å². The van der Waals surface area contributed by atoms with Crippen LogP contribution >= 0.6 is 0 Å². The Kier molecular flexibility index (Phi) is 3.68. The Balaban J connectivity index is 2.13. The van der Waals surface area contributed by atoms with Gasteiger partial charge in [0, 0.05) is 18.9 Å². The van der Waals surface area contributed by atoms with Crippen molar-refractivity contribution in [3.05, 3.63) is 17.8 Å². The number of aromatic carboxylic acids is 1. The highest BCUT2D eigenvalue weighted by molar-refractivity contribution is 7.89. The molecule has 0 aromatic carbocycles. The molecule has 1 aromatic rings. The van der Waals surface area contributed by atoms with E-state index in [-0.39, 0.29) is 36.1 Å². The Labute approximate surface area is 114 Å². The fraction of sp³-hybridized carbons (Fsp3) is 0.400. The summed E-state index contributed by atoms with van der Waals surface area (Å²) in [7, 11) is -3.65. The van der Waals surface area contributed by atoms with Gasteiger partial charge in [0.15, 0.2) is 11.5 Å². The van der Waals surface area contributed by atoms with Gasteiger partial charge < -0.3 is 5.11 Å². The maximum absolute atomic E-state index is 11.8. The molecule has 10 heteroatoms. The van der Waals surface area contributed by atoms with E-state index >= 15 is 0 Å². The summed E-state index contributed by atoms with van der Waals surface area (Å²) in [6.45, 7) is 0.163. The molecule has 20 heavy (non-hydrogen) atoms. The molecule has 1 saturated heterocycles. The van der Waals surface area contributed by atoms with Crippen molar-refractivity contribution in [3.63, 3.8) is 0 Å². The number of carbonyl (C=O) groups is 2. The number of carboxylic acid groups (broad SMARTS) is 1. The molecule has 9 nitrogen and oxygen atoms in total. The van der Waals surface area contributed by atoms with E-state index in [1.807, 2.05) is 0 Å². The molecule has 108 valence electrons. The van der Waals surface area contributed by atoms with Gasteiger partial charge >= 0.3 is 5.97 Å². The van der Waals surface area contributed by atoms with E-state index in [0.717, 1.165) is 0 Å². The molecule has 0 saturated carbocycles. The lowest BCUT2D eigenvalue weighted by molar-refractivity contribution is -0.117. The van der Waals surface area contributed by atoms with Crippen LogP contribution in [-0.2, 0) is 14.8 Å². The summed E-state index contributed by atoms with van der Waals surface area (Å²) in [5, 5.41) is 20.8. The monoisotopic (exact) mass is 300 g/mol. The van der Waals surface area contributed by atoms with E-state index in [1.54, 1.807) is 0 Å². The summed E-state index contributed by atoms with van der Waals surface area (Å²) in [6, 6.07) is 2.58. The van der Waals surface area contributed by atoms with Crippen molar-refractivity contribution < 1.29 is 23.1 Å². The van der Waals surface area contributed by atoms with E-state index < -0.39 is 21.9 Å². The number of primary sulfonamides is 1. The number of carbonyl (C=O) groups excluding carboxylic acids is 1. The zero-order chi connectivity index (χ0) is 14.9. The molecular weight excluding hydrogens is 288 g/mol. The van der Waals surface area contributed by atoms with Gasteiger partial charge in [-0.2, -0.15) is 0 Å². The van der Waals surface area contributed by atoms with Crippen LogP contribution in [0.1, 0.15) is 16.9 Å². The first-order chi connectivity index (χ1) is 9.26. The normalized spacial score (nSPS) is 19.4. The standard InChI is InChI=1S/C10H12N4O5S/c11-20(18,19)5-6-3-9(15)14(4-6)8-2-1-7(10(16)17)12-13-8/h1-2,6H,3-5H2,(H,16,17)(H2,11,18,19). The van der Waals surface area contributed by atoms with Crippen LogP contribution in [-0.4, -0.2) is 47.9 Å². The predicted octanol–water partition coefficient (Wildman–Crippen LogP) is -1.18. The van der Waals surface area contributed by atoms with E-state index in [1.165, 1.54) is 17.0 Å². The first kappa shape index (κ1) is 14.3. The zero-order valence-electron chi connectivity index (χ0n) is 10.3. The Morgan fingerprint density at radius 3 is 2.65 bits per heavy atom. The smallest absolute Gasteiger partial charge is 0.356 e. The zero-order valence-corrected chi connectivity index (χ0v) is 11.1. The molecule has 2 rings (SSSR count). The Bertz CT molecular complexity index is 642. The maximum atomic E-state index is 11.8. The molecule has 1 amide bonds. The SMILES string of the molecule is NS(=O)(=O)CC1CC(=O)N(c2ccc(C(=O)O)nn2)C1. The van der Waals surface area contributed by atoms with Gasteiger partial charge in [-0.05, 0) is 12.1 Å². The number of sulfonamides is 1. The molecule has 1 aromatic heterocycles. The lowest BCUT2D eigenvalue weighted by Gasteiger charge is -2.14. The molecule has 1 unspecified atom stereocenters. The van der Waals surface area contributed by atoms with E-state index in [4.69, 9.17) is 10.2 Å². The van der Waals surface area contributed by atoms with Gasteiger partial charge in [0.25, 0.3) is 0 Å². The molecule has 1 aliphatic rings. The average molecular weight is 300 g/mol. The Hall–Kier alpha value is -2.07. The summed E-state index contributed by atoms with van der Waals surface area (Å²) in [5.41, 5.74) is -0.235. The molecule has 2 heterocycles. The number of amides is 1. The average Bonchev–Trinajstić information content (AvgIpc) is 2.67. The van der Waals surface area contributed by atoms with E-state index in [9.17, 15) is 18.0 Å². The molecule has 1 aliphatic heterocycles. The second kappa shape index (κ2) is 5.13. The molecule has 0 spiro atoms. The summed E-state index contributed by atoms with van der Waals surface area (Å²) in [6.07, 6.45) is 0.0544. The molecule has 1 fully saturated rings. The minimum atomic E-state index is -3.65. The van der Waals surface area contributed by atoms with Gasteiger partial charge in [-0.15, -0.1) is 10.2 Å². The molecule has 0 bridgehead atoms. The second-order valence-corrected chi connectivity index (χ2v) is 6.14. The van der Waals surface area contributed by atoms with Crippen LogP contribution in [0, 0.1) is 5.92 Å². The second-order valence-electron chi connectivity index (χ2n) is 4.49. The van der Waals surface area contributed by atoms with Crippen molar-refractivity contribution in [1.82, 2.24) is 10.2 Å². The highest BCUT2D eigenvalue weighted by Gasteiger charge is 2.33. The number of nitrogens with zero attached hydrogens (tertiary/aromatic N) is 3. The number of hydrogen-bond donors (Lipinski definition) is 2. The third kappa shape index (κ3) is 3.27. The highest BCUT2D eigenvalue weighted by atomic mass is 32.2. The van der Waals surface area contributed by atoms with Gasteiger partial charge in [-0.25, -0.2) is 18.4 Å². The van der Waals surface area contributed by atoms with Crippen LogP contribution < -0.4 is 10.0 Å². The number of nitrogens with two attached hydrogens (primary N) is 1. The first-order valence-corrected chi connectivity index (χ1v) is 7.35. The first-order valence-electron chi connectivity index (χ1n) is 5.64. The van der Waals surface area contributed by atoms with E-state index in [0.29, 0.717) is 0 Å². The van der Waals surface area contributed by atoms with Gasteiger partial charge in [0.2, 0.25) is 15.9 Å². The number of hydrogen-bond acceptors (Lipinski definition) is 6. The fourth-order valence-electron chi connectivity index (χ4n) is 2.03. The number of carboxylic acids is 1. The third-order valence-electron chi connectivity index (χ3n) is 2.82. The van der Waals surface area contributed by atoms with Gasteiger partial charge in [-0.1, -0.05) is 0 Å². The molecular formula is C10H12N4O5S.